The third-order valence-electron chi connectivity index (χ3n) is 7.05. The molecule has 2 aliphatic rings. The van der Waals surface area contributed by atoms with Crippen molar-refractivity contribution in [3.8, 4) is 0 Å². The van der Waals surface area contributed by atoms with Gasteiger partial charge in [0.15, 0.2) is 5.43 Å². The highest BCUT2D eigenvalue weighted by atomic mass is 32.2. The van der Waals surface area contributed by atoms with Gasteiger partial charge in [-0.2, -0.15) is 8.42 Å². The summed E-state index contributed by atoms with van der Waals surface area (Å²) in [7, 11) is -4.60. The summed E-state index contributed by atoms with van der Waals surface area (Å²) >= 11 is 0. The number of aromatic nitrogens is 1. The van der Waals surface area contributed by atoms with Crippen molar-refractivity contribution in [2.75, 3.05) is 5.32 Å². The van der Waals surface area contributed by atoms with Gasteiger partial charge < -0.3 is 10.4 Å². The number of aliphatic hydroxyl groups is 1. The van der Waals surface area contributed by atoms with Crippen molar-refractivity contribution in [2.45, 2.75) is 18.7 Å². The molecule has 8 nitrogen and oxygen atoms in total. The molecule has 0 saturated heterocycles. The quantitative estimate of drug-likeness (QED) is 0.277. The van der Waals surface area contributed by atoms with Gasteiger partial charge in [0.05, 0.1) is 27.5 Å². The number of nitrogens with zero attached hydrogens (tertiary/aromatic N) is 1. The Morgan fingerprint density at radius 1 is 0.825 bits per heavy atom. The summed E-state index contributed by atoms with van der Waals surface area (Å²) in [6, 6.07) is 21.5. The smallest absolute Gasteiger partial charge is 0.296 e. The molecule has 198 valence electrons. The molecule has 6 rings (SSSR count). The van der Waals surface area contributed by atoms with Crippen LogP contribution in [0.3, 0.4) is 0 Å². The van der Waals surface area contributed by atoms with Gasteiger partial charge in [-0.1, -0.05) is 60.7 Å². The first-order valence-electron chi connectivity index (χ1n) is 12.4. The molecule has 0 saturated carbocycles. The van der Waals surface area contributed by atoms with Gasteiger partial charge >= 0.3 is 0 Å². The van der Waals surface area contributed by atoms with Crippen LogP contribution in [-0.2, 0) is 10.1 Å². The lowest BCUT2D eigenvalue weighted by Crippen LogP contribution is -2.33. The van der Waals surface area contributed by atoms with Gasteiger partial charge in [-0.3, -0.25) is 14.1 Å². The van der Waals surface area contributed by atoms with Crippen molar-refractivity contribution in [3.05, 3.63) is 132 Å². The van der Waals surface area contributed by atoms with Gasteiger partial charge in [0.2, 0.25) is 0 Å². The van der Waals surface area contributed by atoms with Crippen LogP contribution >= 0.6 is 0 Å². The van der Waals surface area contributed by atoms with Gasteiger partial charge in [0.1, 0.15) is 10.7 Å². The van der Waals surface area contributed by atoms with Crippen LogP contribution in [0.15, 0.2) is 93.3 Å². The summed E-state index contributed by atoms with van der Waals surface area (Å²) in [6.45, 7) is 3.42. The standard InChI is InChI=1S/C31H22N2O6S/c1-16-12-13-21(23(14-16)40(37,38)39)32-22-15-17(2)28-26-24(19-10-6-7-11-20(19)30(35)25(22)26)27(31(36)33-28)29(34)18-8-4-3-5-9-18/h3-15,32,34H,1-2H3,(H,37,38,39)/b29-27+. The van der Waals surface area contributed by atoms with E-state index in [1.54, 1.807) is 80.6 Å². The van der Waals surface area contributed by atoms with Crippen LogP contribution in [0.4, 0.5) is 11.4 Å². The van der Waals surface area contributed by atoms with Crippen molar-refractivity contribution < 1.29 is 18.1 Å². The molecule has 40 heavy (non-hydrogen) atoms. The second-order valence-electron chi connectivity index (χ2n) is 9.70. The lowest BCUT2D eigenvalue weighted by Gasteiger charge is -2.16. The fourth-order valence-electron chi connectivity index (χ4n) is 5.27. The third-order valence-corrected chi connectivity index (χ3v) is 7.95. The number of aryl methyl sites for hydroxylation is 2. The molecule has 4 aromatic rings. The van der Waals surface area contributed by atoms with Crippen LogP contribution in [0.2, 0.25) is 0 Å². The van der Waals surface area contributed by atoms with Crippen LogP contribution in [0, 0.1) is 24.3 Å². The first-order valence-corrected chi connectivity index (χ1v) is 13.8. The van der Waals surface area contributed by atoms with E-state index in [2.05, 4.69) is 10.3 Å². The van der Waals surface area contributed by atoms with Crippen LogP contribution in [0.5, 0.6) is 0 Å². The zero-order valence-electron chi connectivity index (χ0n) is 21.4. The Labute approximate surface area is 227 Å². The Hall–Kier alpha value is -4.86. The van der Waals surface area contributed by atoms with Gasteiger partial charge in [-0.05, 0) is 48.6 Å². The summed E-state index contributed by atoms with van der Waals surface area (Å²) in [5.41, 5.74) is 1.22. The highest BCUT2D eigenvalue weighted by Gasteiger charge is 2.21. The van der Waals surface area contributed by atoms with E-state index < -0.39 is 15.7 Å². The number of hydrogen-bond acceptors (Lipinski definition) is 7. The molecule has 0 aromatic heterocycles. The minimum atomic E-state index is -4.60. The van der Waals surface area contributed by atoms with Crippen LogP contribution < -0.4 is 21.5 Å². The summed E-state index contributed by atoms with van der Waals surface area (Å²) in [6.07, 6.45) is 0. The SMILES string of the molecule is Cc1ccc(Nc2cc(C)c3nc(=O)/c(=C(/O)c4ccccc4)c4c5ccccc5c(=O)c2c3=4)c(S(=O)(=O)O)c1. The Balaban J connectivity index is 1.87. The predicted octanol–water partition coefficient (Wildman–Crippen LogP) is 4.31. The highest BCUT2D eigenvalue weighted by molar-refractivity contribution is 7.86. The molecule has 1 aliphatic heterocycles. The average Bonchev–Trinajstić information content (AvgIpc) is 2.93. The zero-order chi connectivity index (χ0) is 28.3. The van der Waals surface area contributed by atoms with Crippen LogP contribution in [0.25, 0.3) is 27.4 Å². The number of nitrogens with one attached hydrogen (secondary N) is 1. The van der Waals surface area contributed by atoms with Crippen LogP contribution in [0.1, 0.15) is 16.7 Å². The maximum absolute atomic E-state index is 14.0. The number of aliphatic hydroxyl groups excluding tert-OH is 1. The molecule has 0 radical (unpaired) electrons. The topological polar surface area (TPSA) is 134 Å². The van der Waals surface area contributed by atoms with Crippen molar-refractivity contribution in [1.82, 2.24) is 4.98 Å². The van der Waals surface area contributed by atoms with E-state index in [1.807, 2.05) is 0 Å². The fourth-order valence-corrected chi connectivity index (χ4v) is 6.00. The van der Waals surface area contributed by atoms with E-state index in [1.165, 1.54) is 12.1 Å². The molecule has 1 heterocycles. The van der Waals surface area contributed by atoms with Gasteiger partial charge in [-0.25, -0.2) is 4.98 Å². The Bertz CT molecular complexity index is 2340. The summed E-state index contributed by atoms with van der Waals surface area (Å²) in [4.78, 5) is 31.4. The largest absolute Gasteiger partial charge is 0.506 e. The van der Waals surface area contributed by atoms with Crippen molar-refractivity contribution in [1.29, 1.82) is 0 Å². The number of rotatable bonds is 4. The average molecular weight is 551 g/mol. The van der Waals surface area contributed by atoms with E-state index in [-0.39, 0.29) is 38.1 Å². The summed E-state index contributed by atoms with van der Waals surface area (Å²) < 4.78 is 34.3. The van der Waals surface area contributed by atoms with Crippen molar-refractivity contribution in [2.24, 2.45) is 0 Å². The Kier molecular flexibility index (Phi) is 5.79. The van der Waals surface area contributed by atoms with E-state index in [4.69, 9.17) is 0 Å². The Morgan fingerprint density at radius 2 is 1.50 bits per heavy atom. The maximum Gasteiger partial charge on any atom is 0.296 e. The molecule has 0 fully saturated rings. The van der Waals surface area contributed by atoms with Gasteiger partial charge in [0.25, 0.3) is 15.7 Å². The number of fused-ring (bicyclic) bond motifs is 2. The monoisotopic (exact) mass is 550 g/mol. The number of benzene rings is 4. The molecule has 0 bridgehead atoms. The van der Waals surface area contributed by atoms with Crippen molar-refractivity contribution >= 4 is 48.9 Å². The predicted molar refractivity (Wildman–Crippen MR) is 154 cm³/mol. The molecule has 9 heteroatoms. The second kappa shape index (κ2) is 9.11. The van der Waals surface area contributed by atoms with Gasteiger partial charge in [-0.15, -0.1) is 0 Å². The first kappa shape index (κ1) is 25.4. The molecule has 0 spiro atoms. The molecular formula is C31H22N2O6S. The molecule has 0 unspecified atom stereocenters. The molecule has 3 N–H and O–H groups in total. The normalized spacial score (nSPS) is 12.8. The van der Waals surface area contributed by atoms with E-state index in [0.717, 1.165) is 0 Å². The first-order chi connectivity index (χ1) is 19.1. The summed E-state index contributed by atoms with van der Waals surface area (Å²) in [5.74, 6) is -0.270. The van der Waals surface area contributed by atoms with Crippen molar-refractivity contribution in [3.63, 3.8) is 0 Å². The number of anilines is 2. The highest BCUT2D eigenvalue weighted by Crippen LogP contribution is 2.32. The fraction of sp³-hybridized carbons (Fsp3) is 0.0645. The third kappa shape index (κ3) is 3.95. The zero-order valence-corrected chi connectivity index (χ0v) is 22.2. The van der Waals surface area contributed by atoms with E-state index >= 15 is 0 Å². The second-order valence-corrected chi connectivity index (χ2v) is 11.1. The summed E-state index contributed by atoms with van der Waals surface area (Å²) in [5, 5.41) is 16.1. The molecule has 0 amide bonds. The minimum Gasteiger partial charge on any atom is -0.506 e. The Morgan fingerprint density at radius 3 is 2.20 bits per heavy atom. The maximum atomic E-state index is 14.0. The molecule has 1 aliphatic carbocycles. The minimum absolute atomic E-state index is 0.0367. The van der Waals surface area contributed by atoms with Gasteiger partial charge in [0, 0.05) is 21.4 Å². The lowest BCUT2D eigenvalue weighted by atomic mass is 9.95. The molecular weight excluding hydrogens is 528 g/mol. The molecule has 4 aromatic carbocycles. The lowest BCUT2D eigenvalue weighted by molar-refractivity contribution is 0.483. The van der Waals surface area contributed by atoms with E-state index in [0.29, 0.717) is 43.4 Å². The van der Waals surface area contributed by atoms with Crippen LogP contribution in [-0.4, -0.2) is 23.1 Å². The molecule has 0 atom stereocenters. The number of hydrogen-bond donors (Lipinski definition) is 3. The van der Waals surface area contributed by atoms with E-state index in [9.17, 15) is 27.7 Å².